The number of hydrogen-bond donors (Lipinski definition) is 0. The van der Waals surface area contributed by atoms with Gasteiger partial charge in [0.15, 0.2) is 0 Å². The van der Waals surface area contributed by atoms with Gasteiger partial charge < -0.3 is 28.6 Å². The zero-order valence-electron chi connectivity index (χ0n) is 44.4. The zero-order valence-corrected chi connectivity index (χ0v) is 44.4. The molecular formula is C54H121NO5. The molecule has 0 aliphatic heterocycles. The van der Waals surface area contributed by atoms with Crippen molar-refractivity contribution in [3.63, 3.8) is 0 Å². The van der Waals surface area contributed by atoms with Gasteiger partial charge in [0, 0.05) is 74.5 Å². The lowest BCUT2D eigenvalue weighted by Gasteiger charge is -2.29. The van der Waals surface area contributed by atoms with E-state index in [4.69, 9.17) is 23.7 Å². The smallest absolute Gasteiger partial charge is 0.0571 e. The molecule has 2 fully saturated rings. The van der Waals surface area contributed by atoms with E-state index in [2.05, 4.69) is 129 Å². The van der Waals surface area contributed by atoms with E-state index in [0.717, 1.165) is 86.1 Å². The third-order valence-electron chi connectivity index (χ3n) is 11.9. The van der Waals surface area contributed by atoms with Crippen LogP contribution >= 0.6 is 0 Å². The molecule has 0 N–H and O–H groups in total. The van der Waals surface area contributed by atoms with Gasteiger partial charge in [0.25, 0.3) is 0 Å². The predicted molar refractivity (Wildman–Crippen MR) is 274 cm³/mol. The summed E-state index contributed by atoms with van der Waals surface area (Å²) in [4.78, 5) is 2.07. The Morgan fingerprint density at radius 1 is 0.517 bits per heavy atom. The molecule has 0 radical (unpaired) electrons. The fraction of sp³-hybridized carbons (Fsp3) is 0.963. The van der Waals surface area contributed by atoms with Crippen molar-refractivity contribution in [1.29, 1.82) is 0 Å². The van der Waals surface area contributed by atoms with Crippen LogP contribution < -0.4 is 0 Å². The molecule has 372 valence electrons. The monoisotopic (exact) mass is 864 g/mol. The quantitative estimate of drug-likeness (QED) is 0.137. The van der Waals surface area contributed by atoms with Crippen LogP contribution in [0.1, 0.15) is 190 Å². The molecule has 0 aromatic carbocycles. The Labute approximate surface area is 383 Å². The number of ether oxygens (including phenoxy) is 5. The summed E-state index contributed by atoms with van der Waals surface area (Å²) in [5.74, 6) is 9.68. The van der Waals surface area contributed by atoms with Gasteiger partial charge >= 0.3 is 0 Å². The summed E-state index contributed by atoms with van der Waals surface area (Å²) in [5.41, 5.74) is 1.21. The Balaban J connectivity index is -0.000000110. The molecule has 0 saturated heterocycles. The number of allylic oxidation sites excluding steroid dienone is 1. The van der Waals surface area contributed by atoms with Crippen molar-refractivity contribution >= 4 is 0 Å². The van der Waals surface area contributed by atoms with Gasteiger partial charge in [0.2, 0.25) is 0 Å². The van der Waals surface area contributed by atoms with Crippen molar-refractivity contribution in [2.45, 2.75) is 196 Å². The summed E-state index contributed by atoms with van der Waals surface area (Å²) in [7, 11) is 12.8. The zero-order chi connectivity index (χ0) is 46.4. The molecule has 1 atom stereocenters. The summed E-state index contributed by atoms with van der Waals surface area (Å²) in [6, 6.07) is 0. The maximum Gasteiger partial charge on any atom is 0.0571 e. The highest BCUT2D eigenvalue weighted by atomic mass is 16.5. The lowest BCUT2D eigenvalue weighted by atomic mass is 9.78. The van der Waals surface area contributed by atoms with Crippen molar-refractivity contribution in [2.24, 2.45) is 71.0 Å². The van der Waals surface area contributed by atoms with Crippen LogP contribution in [0.15, 0.2) is 12.3 Å². The van der Waals surface area contributed by atoms with Gasteiger partial charge in [-0.2, -0.15) is 0 Å². The van der Waals surface area contributed by atoms with Gasteiger partial charge in [0.05, 0.1) is 19.3 Å². The Bertz CT molecular complexity index is 784. The Morgan fingerprint density at radius 2 is 0.917 bits per heavy atom. The third kappa shape index (κ3) is 53.5. The molecule has 0 unspecified atom stereocenters. The standard InChI is InChI=1S/C10H20O.C8H17N.C8H18O2.C7H16O.C7H14.C6H14O.C6H14.2CH4/c1-8(2)9-4-6-10(11-3)7-5-9;1-7(2)6-8(3)9(4)5;1-7(2)8(5-9-3)6-10-4;1-6(2)7(3)5-8-4;1-6(2)7-4-3-5-7;1-6(2)4-5-7-3;1-5(2)6(3)4;;/h8-10H,4-7H2,1-3H3;7H,3,6H2,1-2,4-5H3;7-8H,5-6H2,1-4H3;6-7H,5H2,1-4H3;6-7H,3-5H2,1-2H3;6H,4-5H2,1-3H3;5-6H,1-4H3;2*1H4/t;;;7-;;;;;/m...0...../s1. The first-order valence-corrected chi connectivity index (χ1v) is 23.7. The number of nitrogens with zero attached hydrogens (tertiary/aromatic N) is 1. The minimum absolute atomic E-state index is 0. The molecule has 6 nitrogen and oxygen atoms in total. The van der Waals surface area contributed by atoms with Crippen LogP contribution in [0.5, 0.6) is 0 Å². The number of methoxy groups -OCH3 is 5. The van der Waals surface area contributed by atoms with Gasteiger partial charge in [-0.3, -0.25) is 0 Å². The normalized spacial score (nSPS) is 16.3. The first-order chi connectivity index (χ1) is 26.9. The summed E-state index contributed by atoms with van der Waals surface area (Å²) in [6.07, 6.45) is 12.6. The summed E-state index contributed by atoms with van der Waals surface area (Å²) < 4.78 is 25.2. The lowest BCUT2D eigenvalue weighted by molar-refractivity contribution is 0.0495. The van der Waals surface area contributed by atoms with Crippen LogP contribution in [-0.2, 0) is 23.7 Å². The summed E-state index contributed by atoms with van der Waals surface area (Å²) >= 11 is 0. The van der Waals surface area contributed by atoms with Crippen molar-refractivity contribution < 1.29 is 23.7 Å². The number of hydrogen-bond acceptors (Lipinski definition) is 6. The minimum Gasteiger partial charge on any atom is -0.385 e. The van der Waals surface area contributed by atoms with Crippen LogP contribution in [0.3, 0.4) is 0 Å². The maximum absolute atomic E-state index is 5.32. The van der Waals surface area contributed by atoms with Crippen molar-refractivity contribution in [3.8, 4) is 0 Å². The van der Waals surface area contributed by atoms with Gasteiger partial charge in [-0.1, -0.05) is 158 Å². The van der Waals surface area contributed by atoms with Crippen LogP contribution in [0.4, 0.5) is 0 Å². The highest BCUT2D eigenvalue weighted by Gasteiger charge is 2.22. The molecule has 6 heteroatoms. The minimum atomic E-state index is 0. The van der Waals surface area contributed by atoms with E-state index in [1.807, 2.05) is 21.2 Å². The molecule has 2 aliphatic rings. The molecule has 0 bridgehead atoms. The highest BCUT2D eigenvalue weighted by Crippen LogP contribution is 2.32. The van der Waals surface area contributed by atoms with Crippen molar-refractivity contribution in [3.05, 3.63) is 12.3 Å². The molecule has 0 spiro atoms. The second-order valence-corrected chi connectivity index (χ2v) is 20.3. The first-order valence-electron chi connectivity index (χ1n) is 23.7. The fourth-order valence-corrected chi connectivity index (χ4v) is 5.42. The molecule has 0 amide bonds. The topological polar surface area (TPSA) is 49.4 Å². The van der Waals surface area contributed by atoms with E-state index in [0.29, 0.717) is 23.9 Å². The summed E-state index contributed by atoms with van der Waals surface area (Å²) in [5, 5.41) is 0. The summed E-state index contributed by atoms with van der Waals surface area (Å²) in [6.45, 7) is 45.4. The average molecular weight is 865 g/mol. The third-order valence-corrected chi connectivity index (χ3v) is 11.9. The second kappa shape index (κ2) is 49.4. The molecule has 2 saturated carbocycles. The van der Waals surface area contributed by atoms with Gasteiger partial charge in [-0.15, -0.1) is 0 Å². The fourth-order valence-electron chi connectivity index (χ4n) is 5.42. The van der Waals surface area contributed by atoms with E-state index >= 15 is 0 Å². The Hall–Kier alpha value is -0.660. The van der Waals surface area contributed by atoms with Crippen molar-refractivity contribution in [1.82, 2.24) is 4.90 Å². The highest BCUT2D eigenvalue weighted by molar-refractivity contribution is 4.91. The molecule has 2 rings (SSSR count). The van der Waals surface area contributed by atoms with Gasteiger partial charge in [-0.25, -0.2) is 0 Å². The van der Waals surface area contributed by atoms with E-state index in [-0.39, 0.29) is 14.9 Å². The van der Waals surface area contributed by atoms with Gasteiger partial charge in [0.1, 0.15) is 0 Å². The van der Waals surface area contributed by atoms with E-state index in [9.17, 15) is 0 Å². The molecule has 2 aliphatic carbocycles. The molecule has 0 aromatic heterocycles. The Kier molecular flexibility index (Phi) is 60.6. The van der Waals surface area contributed by atoms with Crippen molar-refractivity contribution in [2.75, 3.05) is 76.1 Å². The van der Waals surface area contributed by atoms with E-state index < -0.39 is 0 Å². The SMILES string of the molecule is C.C.C=C(CC(C)C)N(C)C.CC(C)C(C)C.CC(C)C1CCC1.COC1CCC(C(C)C)CC1.COCC(COC)C(C)C.COCCC(C)C.COC[C@H](C)C(C)C. The second-order valence-electron chi connectivity index (χ2n) is 20.3. The average Bonchev–Trinajstić information content (AvgIpc) is 3.11. The first kappa shape index (κ1) is 73.7. The lowest BCUT2D eigenvalue weighted by Crippen LogP contribution is -2.23. The van der Waals surface area contributed by atoms with Crippen LogP contribution in [0.25, 0.3) is 0 Å². The van der Waals surface area contributed by atoms with Gasteiger partial charge in [-0.05, 0) is 104 Å². The molecule has 60 heavy (non-hydrogen) atoms. The van der Waals surface area contributed by atoms with Crippen LogP contribution in [0.2, 0.25) is 0 Å². The predicted octanol–water partition coefficient (Wildman–Crippen LogP) is 16.1. The largest absolute Gasteiger partial charge is 0.385 e. The molecule has 0 heterocycles. The maximum atomic E-state index is 5.32. The molecule has 0 aromatic rings. The Morgan fingerprint density at radius 3 is 1.07 bits per heavy atom. The van der Waals surface area contributed by atoms with E-state index in [1.54, 1.807) is 28.4 Å². The molecular weight excluding hydrogens is 743 g/mol. The van der Waals surface area contributed by atoms with Crippen LogP contribution in [-0.4, -0.2) is 87.1 Å². The van der Waals surface area contributed by atoms with Crippen LogP contribution in [0, 0.1) is 71.0 Å². The van der Waals surface area contributed by atoms with E-state index in [1.165, 1.54) is 57.1 Å². The number of rotatable bonds is 18.